The Bertz CT molecular complexity index is 522. The van der Waals surface area contributed by atoms with E-state index in [0.717, 1.165) is 31.4 Å². The molecule has 0 bridgehead atoms. The zero-order chi connectivity index (χ0) is 16.8. The summed E-state index contributed by atoms with van der Waals surface area (Å²) in [6.45, 7) is 1.30. The van der Waals surface area contributed by atoms with E-state index in [2.05, 4.69) is 0 Å². The maximum absolute atomic E-state index is 12.6. The highest BCUT2D eigenvalue weighted by Gasteiger charge is 2.26. The van der Waals surface area contributed by atoms with Gasteiger partial charge in [-0.15, -0.1) is 0 Å². The molecule has 1 aliphatic rings. The lowest BCUT2D eigenvalue weighted by molar-refractivity contribution is -0.133. The van der Waals surface area contributed by atoms with Crippen molar-refractivity contribution in [2.75, 3.05) is 34.4 Å². The monoisotopic (exact) mass is 322 g/mol. The number of hydrogen-bond donors (Lipinski definition) is 1. The molecule has 1 aromatic carbocycles. The van der Waals surface area contributed by atoms with Gasteiger partial charge in [-0.1, -0.05) is 0 Å². The Morgan fingerprint density at radius 2 is 1.83 bits per heavy atom. The zero-order valence-corrected chi connectivity index (χ0v) is 14.1. The molecule has 1 aliphatic heterocycles. The first kappa shape index (κ1) is 17.4. The summed E-state index contributed by atoms with van der Waals surface area (Å²) in [6, 6.07) is 3.79. The van der Waals surface area contributed by atoms with Crippen molar-refractivity contribution in [3.63, 3.8) is 0 Å². The predicted molar refractivity (Wildman–Crippen MR) is 88.2 cm³/mol. The van der Waals surface area contributed by atoms with Gasteiger partial charge in [0.05, 0.1) is 27.8 Å². The maximum atomic E-state index is 12.6. The molecule has 0 aliphatic carbocycles. The number of rotatable bonds is 6. The number of nitrogens with zero attached hydrogens (tertiary/aromatic N) is 1. The number of carbonyl (C=O) groups excluding carboxylic acids is 1. The summed E-state index contributed by atoms with van der Waals surface area (Å²) in [5.41, 5.74) is 6.64. The van der Waals surface area contributed by atoms with Crippen LogP contribution >= 0.6 is 0 Å². The van der Waals surface area contributed by atoms with Crippen LogP contribution in [0.2, 0.25) is 0 Å². The first-order chi connectivity index (χ1) is 11.1. The number of carbonyl (C=O) groups is 1. The van der Waals surface area contributed by atoms with Gasteiger partial charge >= 0.3 is 0 Å². The molecule has 0 spiro atoms. The zero-order valence-electron chi connectivity index (χ0n) is 14.1. The Balaban J connectivity index is 2.20. The minimum Gasteiger partial charge on any atom is -0.493 e. The highest BCUT2D eigenvalue weighted by atomic mass is 16.5. The molecule has 1 fully saturated rings. The average Bonchev–Trinajstić information content (AvgIpc) is 2.60. The number of piperidine rings is 1. The smallest absolute Gasteiger partial charge is 0.227 e. The van der Waals surface area contributed by atoms with Crippen molar-refractivity contribution < 1.29 is 19.0 Å². The van der Waals surface area contributed by atoms with E-state index in [9.17, 15) is 4.79 Å². The van der Waals surface area contributed by atoms with Gasteiger partial charge in [0.2, 0.25) is 11.7 Å². The average molecular weight is 322 g/mol. The first-order valence-corrected chi connectivity index (χ1v) is 7.93. The Morgan fingerprint density at radius 1 is 1.17 bits per heavy atom. The van der Waals surface area contributed by atoms with Gasteiger partial charge in [-0.25, -0.2) is 0 Å². The van der Waals surface area contributed by atoms with E-state index in [0.29, 0.717) is 30.2 Å². The third-order valence-corrected chi connectivity index (χ3v) is 4.30. The number of methoxy groups -OCH3 is 3. The van der Waals surface area contributed by atoms with Gasteiger partial charge in [-0.05, 0) is 37.0 Å². The fourth-order valence-corrected chi connectivity index (χ4v) is 3.09. The number of nitrogens with two attached hydrogens (primary N) is 1. The van der Waals surface area contributed by atoms with Gasteiger partial charge in [-0.3, -0.25) is 4.79 Å². The molecule has 6 heteroatoms. The van der Waals surface area contributed by atoms with E-state index in [1.54, 1.807) is 21.3 Å². The van der Waals surface area contributed by atoms with E-state index in [1.807, 2.05) is 17.0 Å². The molecule has 1 aromatic rings. The third-order valence-electron chi connectivity index (χ3n) is 4.30. The fourth-order valence-electron chi connectivity index (χ4n) is 3.09. The molecule has 128 valence electrons. The van der Waals surface area contributed by atoms with E-state index in [-0.39, 0.29) is 11.9 Å². The van der Waals surface area contributed by atoms with Crippen molar-refractivity contribution in [2.45, 2.75) is 31.7 Å². The summed E-state index contributed by atoms with van der Waals surface area (Å²) < 4.78 is 16.0. The molecule has 1 unspecified atom stereocenters. The van der Waals surface area contributed by atoms with E-state index < -0.39 is 0 Å². The number of likely N-dealkylation sites (tertiary alicyclic amines) is 1. The molecule has 23 heavy (non-hydrogen) atoms. The normalized spacial score (nSPS) is 17.7. The summed E-state index contributed by atoms with van der Waals surface area (Å²) in [5.74, 6) is 1.74. The van der Waals surface area contributed by atoms with Gasteiger partial charge in [0, 0.05) is 19.1 Å². The molecule has 0 aromatic heterocycles. The van der Waals surface area contributed by atoms with Crippen molar-refractivity contribution >= 4 is 5.91 Å². The van der Waals surface area contributed by atoms with E-state index in [4.69, 9.17) is 19.9 Å². The van der Waals surface area contributed by atoms with Crippen LogP contribution in [-0.2, 0) is 11.2 Å². The lowest BCUT2D eigenvalue weighted by atomic mass is 10.0. The van der Waals surface area contributed by atoms with Gasteiger partial charge < -0.3 is 24.8 Å². The number of benzene rings is 1. The minimum atomic E-state index is 0.0921. The second-order valence-corrected chi connectivity index (χ2v) is 5.68. The van der Waals surface area contributed by atoms with Crippen LogP contribution in [0.25, 0.3) is 0 Å². The molecule has 1 heterocycles. The van der Waals surface area contributed by atoms with Crippen LogP contribution in [0.5, 0.6) is 17.2 Å². The summed E-state index contributed by atoms with van der Waals surface area (Å²) in [7, 11) is 4.70. The SMILES string of the molecule is COc1cc(CC(=O)N2CCCCC2CN)cc(OC)c1OC. The topological polar surface area (TPSA) is 74.0 Å². The standard InChI is InChI=1S/C17H26N2O4/c1-21-14-8-12(9-15(22-2)17(14)23-3)10-16(20)19-7-5-4-6-13(19)11-18/h8-9,13H,4-7,10-11,18H2,1-3H3. The van der Waals surface area contributed by atoms with Gasteiger partial charge in [0.15, 0.2) is 11.5 Å². The van der Waals surface area contributed by atoms with E-state index >= 15 is 0 Å². The predicted octanol–water partition coefficient (Wildman–Crippen LogP) is 1.59. The number of amides is 1. The highest BCUT2D eigenvalue weighted by molar-refractivity contribution is 5.79. The van der Waals surface area contributed by atoms with E-state index in [1.165, 1.54) is 0 Å². The first-order valence-electron chi connectivity index (χ1n) is 7.93. The maximum Gasteiger partial charge on any atom is 0.227 e. The molecule has 0 saturated carbocycles. The van der Waals surface area contributed by atoms with Crippen molar-refractivity contribution in [3.8, 4) is 17.2 Å². The van der Waals surface area contributed by atoms with Crippen LogP contribution in [0, 0.1) is 0 Å². The summed E-state index contributed by atoms with van der Waals surface area (Å²) in [6.07, 6.45) is 3.46. The Morgan fingerprint density at radius 3 is 2.35 bits per heavy atom. The Labute approximate surface area is 137 Å². The van der Waals surface area contributed by atoms with Crippen molar-refractivity contribution in [1.29, 1.82) is 0 Å². The summed E-state index contributed by atoms with van der Waals surface area (Å²) in [5, 5.41) is 0. The largest absolute Gasteiger partial charge is 0.493 e. The number of ether oxygens (including phenoxy) is 3. The molecule has 1 atom stereocenters. The molecule has 6 nitrogen and oxygen atoms in total. The van der Waals surface area contributed by atoms with Crippen LogP contribution in [0.1, 0.15) is 24.8 Å². The van der Waals surface area contributed by atoms with Gasteiger partial charge in [0.25, 0.3) is 0 Å². The van der Waals surface area contributed by atoms with Crippen LogP contribution < -0.4 is 19.9 Å². The van der Waals surface area contributed by atoms with Gasteiger partial charge in [-0.2, -0.15) is 0 Å². The highest BCUT2D eigenvalue weighted by Crippen LogP contribution is 2.38. The van der Waals surface area contributed by atoms with Crippen LogP contribution in [-0.4, -0.2) is 51.3 Å². The Hall–Kier alpha value is -1.95. The van der Waals surface area contributed by atoms with Crippen LogP contribution in [0.4, 0.5) is 0 Å². The van der Waals surface area contributed by atoms with Crippen molar-refractivity contribution in [2.24, 2.45) is 5.73 Å². The fraction of sp³-hybridized carbons (Fsp3) is 0.588. The van der Waals surface area contributed by atoms with Crippen LogP contribution in [0.15, 0.2) is 12.1 Å². The Kier molecular flexibility index (Phi) is 6.10. The molecular weight excluding hydrogens is 296 g/mol. The van der Waals surface area contributed by atoms with Crippen molar-refractivity contribution in [1.82, 2.24) is 4.90 Å². The molecule has 1 saturated heterocycles. The molecule has 0 radical (unpaired) electrons. The lowest BCUT2D eigenvalue weighted by Gasteiger charge is -2.35. The second kappa shape index (κ2) is 8.06. The second-order valence-electron chi connectivity index (χ2n) is 5.68. The molecule has 2 N–H and O–H groups in total. The minimum absolute atomic E-state index is 0.0921. The summed E-state index contributed by atoms with van der Waals surface area (Å²) in [4.78, 5) is 14.6. The van der Waals surface area contributed by atoms with Gasteiger partial charge in [0.1, 0.15) is 0 Å². The third kappa shape index (κ3) is 3.88. The molecular formula is C17H26N2O4. The molecule has 2 rings (SSSR count). The molecule has 1 amide bonds. The number of hydrogen-bond acceptors (Lipinski definition) is 5. The lowest BCUT2D eigenvalue weighted by Crippen LogP contribution is -2.48. The summed E-state index contributed by atoms with van der Waals surface area (Å²) >= 11 is 0. The quantitative estimate of drug-likeness (QED) is 0.861. The van der Waals surface area contributed by atoms with Crippen molar-refractivity contribution in [3.05, 3.63) is 17.7 Å². The van der Waals surface area contributed by atoms with Crippen LogP contribution in [0.3, 0.4) is 0 Å².